The summed E-state index contributed by atoms with van der Waals surface area (Å²) in [6, 6.07) is 6.21. The van der Waals surface area contributed by atoms with E-state index in [0.29, 0.717) is 11.1 Å². The third kappa shape index (κ3) is 3.14. The summed E-state index contributed by atoms with van der Waals surface area (Å²) in [5.74, 6) is 0. The van der Waals surface area contributed by atoms with Gasteiger partial charge >= 0.3 is 0 Å². The highest BCUT2D eigenvalue weighted by Crippen LogP contribution is 2.36. The molecule has 0 aliphatic rings. The lowest BCUT2D eigenvalue weighted by Gasteiger charge is -2.08. The van der Waals surface area contributed by atoms with Crippen molar-refractivity contribution < 1.29 is 0 Å². The second-order valence-corrected chi connectivity index (χ2v) is 6.17. The van der Waals surface area contributed by atoms with Crippen molar-refractivity contribution in [2.45, 2.75) is 11.8 Å². The van der Waals surface area contributed by atoms with Crippen LogP contribution in [0.15, 0.2) is 63.1 Å². The Labute approximate surface area is 141 Å². The number of fused-ring (bicyclic) bond motifs is 1. The molecule has 0 spiro atoms. The van der Waals surface area contributed by atoms with Crippen LogP contribution in [0.5, 0.6) is 0 Å². The van der Waals surface area contributed by atoms with Crippen molar-refractivity contribution in [3.63, 3.8) is 0 Å². The number of halogens is 1. The lowest BCUT2D eigenvalue weighted by molar-refractivity contribution is 0.944. The van der Waals surface area contributed by atoms with E-state index in [1.807, 2.05) is 13.0 Å². The average molecular weight is 371 g/mol. The van der Waals surface area contributed by atoms with Gasteiger partial charge in [-0.1, -0.05) is 30.5 Å². The van der Waals surface area contributed by atoms with E-state index >= 15 is 0 Å². The number of thioether (sulfide) groups is 1. The van der Waals surface area contributed by atoms with Crippen LogP contribution in [0.2, 0.25) is 0 Å². The van der Waals surface area contributed by atoms with Gasteiger partial charge in [-0.15, -0.1) is 0 Å². The average Bonchev–Trinajstić information content (AvgIpc) is 2.91. The molecule has 4 nitrogen and oxygen atoms in total. The number of nitriles is 2. The molecule has 2 heterocycles. The van der Waals surface area contributed by atoms with Gasteiger partial charge in [-0.25, -0.2) is 4.52 Å². The zero-order chi connectivity index (χ0) is 16.1. The van der Waals surface area contributed by atoms with Crippen LogP contribution in [0.1, 0.15) is 12.5 Å². The van der Waals surface area contributed by atoms with E-state index in [9.17, 15) is 10.5 Å². The molecule has 0 N–H and O–H groups in total. The minimum atomic E-state index is 0.493. The Balaban J connectivity index is 2.62. The third-order valence-electron chi connectivity index (χ3n) is 2.83. The Kier molecular flexibility index (Phi) is 5.21. The fourth-order valence-electron chi connectivity index (χ4n) is 1.88. The van der Waals surface area contributed by atoms with E-state index in [1.165, 1.54) is 18.0 Å². The van der Waals surface area contributed by atoms with E-state index in [2.05, 4.69) is 39.7 Å². The zero-order valence-corrected chi connectivity index (χ0v) is 14.1. The number of rotatable bonds is 4. The summed E-state index contributed by atoms with van der Waals surface area (Å²) in [5, 5.41) is 22.7. The summed E-state index contributed by atoms with van der Waals surface area (Å²) < 4.78 is 2.49. The van der Waals surface area contributed by atoms with Gasteiger partial charge in [0.15, 0.2) is 0 Å². The summed E-state index contributed by atoms with van der Waals surface area (Å²) >= 11 is 4.84. The van der Waals surface area contributed by atoms with Gasteiger partial charge in [0.2, 0.25) is 0 Å². The summed E-state index contributed by atoms with van der Waals surface area (Å²) in [5.41, 5.74) is 1.77. The van der Waals surface area contributed by atoms with E-state index in [0.717, 1.165) is 19.8 Å². The maximum Gasteiger partial charge on any atom is 0.103 e. The molecule has 0 aromatic carbocycles. The molecule has 6 heteroatoms. The predicted molar refractivity (Wildman–Crippen MR) is 91.1 cm³/mol. The fourth-order valence-corrected chi connectivity index (χ4v) is 3.61. The fraction of sp³-hybridized carbons (Fsp3) is 0.0625. The number of aromatic nitrogens is 2. The topological polar surface area (TPSA) is 64.9 Å². The summed E-state index contributed by atoms with van der Waals surface area (Å²) in [7, 11) is 0. The highest BCUT2D eigenvalue weighted by atomic mass is 79.9. The number of nitrogens with zero attached hydrogens (tertiary/aromatic N) is 4. The van der Waals surface area contributed by atoms with Gasteiger partial charge in [0.05, 0.1) is 28.9 Å². The molecule has 0 saturated carbocycles. The van der Waals surface area contributed by atoms with E-state index in [1.54, 1.807) is 28.9 Å². The summed E-state index contributed by atoms with van der Waals surface area (Å²) in [6.07, 6.45) is 8.49. The molecule has 0 amide bonds. The predicted octanol–water partition coefficient (Wildman–Crippen LogP) is 4.60. The molecular formula is C16H11BrN4S. The SMILES string of the molecule is C=C/C=C(Sc1cc(Br)cn2ncc(C#N)c12)\C(C#N)=C/C. The normalized spacial score (nSPS) is 12.0. The van der Waals surface area contributed by atoms with E-state index < -0.39 is 0 Å². The third-order valence-corrected chi connectivity index (χ3v) is 4.37. The Hall–Kier alpha value is -2.28. The monoisotopic (exact) mass is 370 g/mol. The Morgan fingerprint density at radius 2 is 2.27 bits per heavy atom. The highest BCUT2D eigenvalue weighted by Gasteiger charge is 2.14. The maximum atomic E-state index is 9.24. The first kappa shape index (κ1) is 16.1. The minimum absolute atomic E-state index is 0.493. The standard InChI is InChI=1S/C16H11BrN4S/c1-3-5-14(11(4-2)7-18)22-15-6-13(17)10-21-16(15)12(8-19)9-20-21/h3-6,9-10H,1H2,2H3/b11-4-,14-5+. The first-order valence-corrected chi connectivity index (χ1v) is 7.89. The number of allylic oxidation sites excluding steroid dienone is 4. The molecule has 2 aromatic heterocycles. The number of hydrogen-bond donors (Lipinski definition) is 0. The molecule has 0 bridgehead atoms. The van der Waals surface area contributed by atoms with Crippen molar-refractivity contribution in [2.24, 2.45) is 0 Å². The van der Waals surface area contributed by atoms with Crippen molar-refractivity contribution in [3.05, 3.63) is 63.8 Å². The number of pyridine rings is 1. The second-order valence-electron chi connectivity index (χ2n) is 4.17. The van der Waals surface area contributed by atoms with Crippen LogP contribution in [0, 0.1) is 22.7 Å². The quantitative estimate of drug-likeness (QED) is 0.448. The van der Waals surface area contributed by atoms with Crippen LogP contribution in [0.3, 0.4) is 0 Å². The van der Waals surface area contributed by atoms with Gasteiger partial charge < -0.3 is 0 Å². The molecule has 108 valence electrons. The minimum Gasteiger partial charge on any atom is -0.237 e. The molecule has 0 fully saturated rings. The van der Waals surface area contributed by atoms with E-state index in [-0.39, 0.29) is 0 Å². The highest BCUT2D eigenvalue weighted by molar-refractivity contribution is 9.10. The van der Waals surface area contributed by atoms with Crippen molar-refractivity contribution in [1.29, 1.82) is 10.5 Å². The molecule has 0 aliphatic carbocycles. The van der Waals surface area contributed by atoms with Gasteiger partial charge in [-0.05, 0) is 35.0 Å². The van der Waals surface area contributed by atoms with Crippen molar-refractivity contribution in [3.8, 4) is 12.1 Å². The van der Waals surface area contributed by atoms with Gasteiger partial charge in [-0.2, -0.15) is 15.6 Å². The Bertz CT molecular complexity index is 878. The number of hydrogen-bond acceptors (Lipinski definition) is 4. The molecular weight excluding hydrogens is 360 g/mol. The van der Waals surface area contributed by atoms with Crippen LogP contribution in [0.25, 0.3) is 5.52 Å². The van der Waals surface area contributed by atoms with Crippen LogP contribution >= 0.6 is 27.7 Å². The second kappa shape index (κ2) is 7.13. The van der Waals surface area contributed by atoms with E-state index in [4.69, 9.17) is 0 Å². The van der Waals surface area contributed by atoms with Crippen molar-refractivity contribution >= 4 is 33.2 Å². The lowest BCUT2D eigenvalue weighted by atomic mass is 10.2. The first-order chi connectivity index (χ1) is 10.6. The molecule has 0 radical (unpaired) electrons. The smallest absolute Gasteiger partial charge is 0.103 e. The van der Waals surface area contributed by atoms with Crippen molar-refractivity contribution in [1.82, 2.24) is 9.61 Å². The maximum absolute atomic E-state index is 9.24. The van der Waals surface area contributed by atoms with Gasteiger partial charge in [0, 0.05) is 20.5 Å². The molecule has 22 heavy (non-hydrogen) atoms. The molecule has 0 atom stereocenters. The molecule has 0 unspecified atom stereocenters. The molecule has 2 aromatic rings. The first-order valence-electron chi connectivity index (χ1n) is 6.29. The molecule has 0 aliphatic heterocycles. The van der Waals surface area contributed by atoms with Crippen LogP contribution < -0.4 is 0 Å². The van der Waals surface area contributed by atoms with Crippen LogP contribution in [-0.4, -0.2) is 9.61 Å². The largest absolute Gasteiger partial charge is 0.237 e. The summed E-state index contributed by atoms with van der Waals surface area (Å²) in [4.78, 5) is 1.61. The summed E-state index contributed by atoms with van der Waals surface area (Å²) in [6.45, 7) is 5.50. The Morgan fingerprint density at radius 3 is 2.86 bits per heavy atom. The Morgan fingerprint density at radius 1 is 1.50 bits per heavy atom. The molecule has 0 saturated heterocycles. The van der Waals surface area contributed by atoms with Crippen molar-refractivity contribution in [2.75, 3.05) is 0 Å². The van der Waals surface area contributed by atoms with Gasteiger partial charge in [-0.3, -0.25) is 0 Å². The van der Waals surface area contributed by atoms with Crippen LogP contribution in [-0.2, 0) is 0 Å². The molecule has 2 rings (SSSR count). The van der Waals surface area contributed by atoms with Crippen LogP contribution in [0.4, 0.5) is 0 Å². The lowest BCUT2D eigenvalue weighted by Crippen LogP contribution is -1.91. The van der Waals surface area contributed by atoms with Gasteiger partial charge in [0.1, 0.15) is 6.07 Å². The zero-order valence-electron chi connectivity index (χ0n) is 11.7. The van der Waals surface area contributed by atoms with Gasteiger partial charge in [0.25, 0.3) is 0 Å².